The van der Waals surface area contributed by atoms with E-state index < -0.39 is 49.0 Å². The van der Waals surface area contributed by atoms with Crippen molar-refractivity contribution >= 4 is 17.5 Å². The van der Waals surface area contributed by atoms with Crippen molar-refractivity contribution in [2.24, 2.45) is 0 Å². The van der Waals surface area contributed by atoms with E-state index in [9.17, 15) is 31.1 Å². The number of nitrogens with zero attached hydrogens (tertiary/aromatic N) is 4. The maximum Gasteiger partial charge on any atom is 0.455 e. The smallest absolute Gasteiger partial charge is 0.455 e. The fraction of sp³-hybridized carbons (Fsp3) is 0.235. The maximum absolute atomic E-state index is 12.5. The zero-order chi connectivity index (χ0) is 23.5. The normalized spacial score (nSPS) is 12.0. The second-order valence-corrected chi connectivity index (χ2v) is 6.49. The Morgan fingerprint density at radius 2 is 1.78 bits per heavy atom. The molecule has 170 valence electrons. The Labute approximate surface area is 179 Å². The maximum atomic E-state index is 12.5. The lowest BCUT2D eigenvalue weighted by atomic mass is 10.1. The van der Waals surface area contributed by atoms with Gasteiger partial charge in [-0.1, -0.05) is 28.9 Å². The third kappa shape index (κ3) is 6.06. The molecule has 0 saturated heterocycles. The summed E-state index contributed by atoms with van der Waals surface area (Å²) in [5, 5.41) is 12.3. The fourth-order valence-electron chi connectivity index (χ4n) is 2.27. The van der Waals surface area contributed by atoms with Crippen molar-refractivity contribution in [1.29, 1.82) is 0 Å². The Morgan fingerprint density at radius 1 is 1.09 bits per heavy atom. The highest BCUT2D eigenvalue weighted by Crippen LogP contribution is 2.30. The van der Waals surface area contributed by atoms with Crippen LogP contribution in [0.1, 0.15) is 22.2 Å². The summed E-state index contributed by atoms with van der Waals surface area (Å²) in [7, 11) is 0. The molecule has 15 heteroatoms. The molecule has 1 N–H and O–H groups in total. The molecule has 2 aromatic heterocycles. The van der Waals surface area contributed by atoms with Crippen LogP contribution in [0.4, 0.5) is 26.3 Å². The van der Waals surface area contributed by atoms with Crippen molar-refractivity contribution in [1.82, 2.24) is 25.7 Å². The van der Waals surface area contributed by atoms with Gasteiger partial charge in [-0.15, -0.1) is 10.2 Å². The van der Waals surface area contributed by atoms with Crippen molar-refractivity contribution in [3.05, 3.63) is 52.8 Å². The summed E-state index contributed by atoms with van der Waals surface area (Å²) in [6.07, 6.45) is -9.47. The molecule has 0 bridgehead atoms. The number of rotatable bonds is 6. The van der Waals surface area contributed by atoms with Crippen molar-refractivity contribution in [3.8, 4) is 17.0 Å². The van der Waals surface area contributed by atoms with Crippen molar-refractivity contribution in [3.63, 3.8) is 0 Å². The van der Waals surface area contributed by atoms with Crippen LogP contribution < -0.4 is 10.1 Å². The fourth-order valence-corrected chi connectivity index (χ4v) is 2.40. The van der Waals surface area contributed by atoms with E-state index in [-0.39, 0.29) is 11.3 Å². The van der Waals surface area contributed by atoms with Gasteiger partial charge >= 0.3 is 12.4 Å². The molecule has 0 aliphatic heterocycles. The lowest BCUT2D eigenvalue weighted by molar-refractivity contribution is -0.154. The zero-order valence-corrected chi connectivity index (χ0v) is 16.2. The summed E-state index contributed by atoms with van der Waals surface area (Å²) < 4.78 is 84.1. The van der Waals surface area contributed by atoms with E-state index in [2.05, 4.69) is 34.9 Å². The summed E-state index contributed by atoms with van der Waals surface area (Å²) in [5.41, 5.74) is -0.0321. The zero-order valence-electron chi connectivity index (χ0n) is 15.5. The second-order valence-electron chi connectivity index (χ2n) is 6.05. The number of halogens is 7. The molecule has 2 heterocycles. The number of carbonyl (C=O) groups excluding carboxylic acids is 1. The number of amides is 1. The highest BCUT2D eigenvalue weighted by molar-refractivity contribution is 6.30. The van der Waals surface area contributed by atoms with Crippen LogP contribution in [-0.2, 0) is 12.7 Å². The average molecular weight is 482 g/mol. The van der Waals surface area contributed by atoms with Gasteiger partial charge in [-0.3, -0.25) is 4.79 Å². The number of ether oxygens (including phenoxy) is 1. The van der Waals surface area contributed by atoms with E-state index in [1.807, 2.05) is 0 Å². The second kappa shape index (κ2) is 8.98. The molecule has 0 aliphatic rings. The number of nitrogens with one attached hydrogen (secondary N) is 1. The van der Waals surface area contributed by atoms with E-state index in [4.69, 9.17) is 11.6 Å². The van der Waals surface area contributed by atoms with Gasteiger partial charge in [-0.2, -0.15) is 31.3 Å². The molecular formula is C17H10ClF6N5O3. The first-order valence-corrected chi connectivity index (χ1v) is 8.81. The van der Waals surface area contributed by atoms with Crippen LogP contribution in [0.5, 0.6) is 5.88 Å². The summed E-state index contributed by atoms with van der Waals surface area (Å²) >= 11 is 5.81. The average Bonchev–Trinajstić information content (AvgIpc) is 3.20. The van der Waals surface area contributed by atoms with Gasteiger partial charge in [0, 0.05) is 10.6 Å². The Morgan fingerprint density at radius 3 is 2.38 bits per heavy atom. The molecule has 1 amide bonds. The Hall–Kier alpha value is -3.42. The van der Waals surface area contributed by atoms with Gasteiger partial charge in [-0.25, -0.2) is 0 Å². The van der Waals surface area contributed by atoms with Crippen LogP contribution in [0.15, 0.2) is 34.9 Å². The quantitative estimate of drug-likeness (QED) is 0.529. The molecule has 0 fully saturated rings. The third-order valence-electron chi connectivity index (χ3n) is 3.64. The van der Waals surface area contributed by atoms with E-state index in [1.54, 1.807) is 0 Å². The first kappa shape index (κ1) is 23.2. The van der Waals surface area contributed by atoms with Crippen molar-refractivity contribution < 1.29 is 40.4 Å². The number of alkyl halides is 6. The molecule has 0 saturated carbocycles. The number of carbonyl (C=O) groups is 1. The van der Waals surface area contributed by atoms with Crippen LogP contribution in [-0.4, -0.2) is 39.0 Å². The number of aromatic nitrogens is 4. The van der Waals surface area contributed by atoms with Gasteiger partial charge in [0.25, 0.3) is 11.7 Å². The van der Waals surface area contributed by atoms with Gasteiger partial charge in [0.2, 0.25) is 11.8 Å². The minimum atomic E-state index is -4.82. The molecule has 0 atom stereocenters. The summed E-state index contributed by atoms with van der Waals surface area (Å²) in [6, 6.07) is 6.93. The van der Waals surface area contributed by atoms with Crippen LogP contribution >= 0.6 is 11.6 Å². The largest absolute Gasteiger partial charge is 0.467 e. The van der Waals surface area contributed by atoms with Crippen LogP contribution in [0.25, 0.3) is 11.1 Å². The van der Waals surface area contributed by atoms with Gasteiger partial charge < -0.3 is 14.6 Å². The lowest BCUT2D eigenvalue weighted by Crippen LogP contribution is -2.25. The van der Waals surface area contributed by atoms with Gasteiger partial charge in [-0.05, 0) is 23.8 Å². The Kier molecular flexibility index (Phi) is 6.52. The molecule has 0 aliphatic carbocycles. The van der Waals surface area contributed by atoms with E-state index >= 15 is 0 Å². The topological polar surface area (TPSA) is 103 Å². The van der Waals surface area contributed by atoms with Crippen molar-refractivity contribution in [2.75, 3.05) is 6.61 Å². The minimum absolute atomic E-state index is 0.00298. The SMILES string of the molecule is O=C(NCc1nc(C(F)(F)F)no1)c1cc(-c2ccc(Cl)cc2)c(OCC(F)(F)F)nn1. The Balaban J connectivity index is 1.81. The molecule has 0 unspecified atom stereocenters. The number of hydrogen-bond donors (Lipinski definition) is 1. The molecule has 3 rings (SSSR count). The molecular weight excluding hydrogens is 472 g/mol. The molecule has 0 spiro atoms. The predicted molar refractivity (Wildman–Crippen MR) is 94.5 cm³/mol. The van der Waals surface area contributed by atoms with Gasteiger partial charge in [0.1, 0.15) is 0 Å². The highest BCUT2D eigenvalue weighted by atomic mass is 35.5. The third-order valence-corrected chi connectivity index (χ3v) is 3.89. The van der Waals surface area contributed by atoms with Crippen LogP contribution in [0.2, 0.25) is 5.02 Å². The van der Waals surface area contributed by atoms with E-state index in [0.717, 1.165) is 6.07 Å². The first-order valence-electron chi connectivity index (χ1n) is 8.43. The standard InChI is InChI=1S/C17H10ClF6N5O3/c18-9-3-1-8(2-4-9)10-5-11(27-28-14(10)31-7-16(19,20)21)13(30)25-6-12-26-15(29-32-12)17(22,23)24/h1-5H,6-7H2,(H,25,30). The first-order chi connectivity index (χ1) is 14.9. The van der Waals surface area contributed by atoms with Crippen molar-refractivity contribution in [2.45, 2.75) is 18.9 Å². The highest BCUT2D eigenvalue weighted by Gasteiger charge is 2.37. The van der Waals surface area contributed by atoms with Crippen LogP contribution in [0.3, 0.4) is 0 Å². The Bertz CT molecular complexity index is 1100. The molecule has 8 nitrogen and oxygen atoms in total. The summed E-state index contributed by atoms with van der Waals surface area (Å²) in [4.78, 5) is 15.4. The van der Waals surface area contributed by atoms with E-state index in [0.29, 0.717) is 10.6 Å². The van der Waals surface area contributed by atoms with Gasteiger partial charge in [0.05, 0.1) is 6.54 Å². The van der Waals surface area contributed by atoms with E-state index in [1.165, 1.54) is 24.3 Å². The molecule has 1 aromatic carbocycles. The van der Waals surface area contributed by atoms with Gasteiger partial charge in [0.15, 0.2) is 12.3 Å². The molecule has 0 radical (unpaired) electrons. The minimum Gasteiger partial charge on any atom is -0.467 e. The molecule has 3 aromatic rings. The predicted octanol–water partition coefficient (Wildman–Crippen LogP) is 4.07. The monoisotopic (exact) mass is 481 g/mol. The number of hydrogen-bond acceptors (Lipinski definition) is 7. The summed E-state index contributed by atoms with van der Waals surface area (Å²) in [6.45, 7) is -2.21. The molecule has 32 heavy (non-hydrogen) atoms. The van der Waals surface area contributed by atoms with Crippen LogP contribution in [0, 0.1) is 0 Å². The summed E-state index contributed by atoms with van der Waals surface area (Å²) in [5.74, 6) is -3.45. The number of benzene rings is 1. The lowest BCUT2D eigenvalue weighted by Gasteiger charge is -2.13.